The lowest BCUT2D eigenvalue weighted by atomic mass is 9.96. The van der Waals surface area contributed by atoms with Crippen molar-refractivity contribution in [3.8, 4) is 17.2 Å². The molecule has 1 saturated heterocycles. The van der Waals surface area contributed by atoms with Crippen LogP contribution in [0.15, 0.2) is 12.1 Å². The van der Waals surface area contributed by atoms with Gasteiger partial charge >= 0.3 is 0 Å². The Kier molecular flexibility index (Phi) is 7.62. The zero-order valence-corrected chi connectivity index (χ0v) is 18.2. The molecule has 28 heavy (non-hydrogen) atoms. The Hall–Kier alpha value is -1.73. The molecule has 0 radical (unpaired) electrons. The Labute approximate surface area is 174 Å². The number of piperazine rings is 1. The molecule has 6 nitrogen and oxygen atoms in total. The Morgan fingerprint density at radius 2 is 1.71 bits per heavy atom. The number of hydrogen-bond acceptors (Lipinski definition) is 4. The zero-order valence-electron chi connectivity index (χ0n) is 17.4. The fourth-order valence-electron chi connectivity index (χ4n) is 4.29. The predicted molar refractivity (Wildman–Crippen MR) is 115 cm³/mol. The van der Waals surface area contributed by atoms with E-state index in [9.17, 15) is 0 Å². The minimum atomic E-state index is 0.572. The van der Waals surface area contributed by atoms with Crippen molar-refractivity contribution in [3.63, 3.8) is 0 Å². The van der Waals surface area contributed by atoms with Gasteiger partial charge in [0.2, 0.25) is 5.75 Å². The van der Waals surface area contributed by atoms with E-state index in [1.807, 2.05) is 6.07 Å². The van der Waals surface area contributed by atoms with Crippen molar-refractivity contribution < 1.29 is 19.1 Å². The highest BCUT2D eigenvalue weighted by atomic mass is 32.1. The second kappa shape index (κ2) is 10.2. The summed E-state index contributed by atoms with van der Waals surface area (Å²) >= 11 is 5.68. The molecule has 1 aromatic rings. The lowest BCUT2D eigenvalue weighted by Crippen LogP contribution is -3.13. The van der Waals surface area contributed by atoms with E-state index in [4.69, 9.17) is 26.4 Å². The summed E-state index contributed by atoms with van der Waals surface area (Å²) in [5.41, 5.74) is 1.14. The molecule has 2 N–H and O–H groups in total. The molecule has 1 aliphatic heterocycles. The van der Waals surface area contributed by atoms with Crippen LogP contribution >= 0.6 is 12.2 Å². The van der Waals surface area contributed by atoms with Gasteiger partial charge in [0.1, 0.15) is 6.54 Å². The topological polar surface area (TPSA) is 47.4 Å². The summed E-state index contributed by atoms with van der Waals surface area (Å²) in [7, 11) is 4.98. The fourth-order valence-corrected chi connectivity index (χ4v) is 4.64. The van der Waals surface area contributed by atoms with E-state index in [1.165, 1.54) is 37.0 Å². The van der Waals surface area contributed by atoms with Gasteiger partial charge in [-0.15, -0.1) is 0 Å². The molecule has 2 aliphatic rings. The van der Waals surface area contributed by atoms with Crippen molar-refractivity contribution in [2.24, 2.45) is 0 Å². The first kappa shape index (κ1) is 21.0. The molecule has 3 rings (SSSR count). The van der Waals surface area contributed by atoms with Gasteiger partial charge in [-0.2, -0.15) is 0 Å². The average molecular weight is 409 g/mol. The van der Waals surface area contributed by atoms with E-state index in [-0.39, 0.29) is 0 Å². The largest absolute Gasteiger partial charge is 0.493 e. The Bertz CT molecular complexity index is 657. The highest BCUT2D eigenvalue weighted by Crippen LogP contribution is 2.39. The van der Waals surface area contributed by atoms with Crippen LogP contribution in [0.5, 0.6) is 17.2 Å². The highest BCUT2D eigenvalue weighted by Gasteiger charge is 2.26. The third-order valence-corrected chi connectivity index (χ3v) is 6.29. The molecule has 1 aromatic carbocycles. The van der Waals surface area contributed by atoms with Crippen LogP contribution in [-0.4, -0.2) is 63.6 Å². The van der Waals surface area contributed by atoms with Crippen molar-refractivity contribution >= 4 is 17.3 Å². The van der Waals surface area contributed by atoms with Crippen LogP contribution in [0.25, 0.3) is 0 Å². The number of ether oxygens (including phenoxy) is 3. The number of methoxy groups -OCH3 is 3. The van der Waals surface area contributed by atoms with Crippen molar-refractivity contribution in [3.05, 3.63) is 17.7 Å². The maximum absolute atomic E-state index is 5.68. The summed E-state index contributed by atoms with van der Waals surface area (Å²) in [5, 5.41) is 4.54. The summed E-state index contributed by atoms with van der Waals surface area (Å²) < 4.78 is 16.5. The summed E-state index contributed by atoms with van der Waals surface area (Å²) in [6, 6.07) is 4.60. The van der Waals surface area contributed by atoms with E-state index in [2.05, 4.69) is 16.3 Å². The van der Waals surface area contributed by atoms with Gasteiger partial charge in [-0.1, -0.05) is 19.3 Å². The standard InChI is InChI=1S/C21H33N3O3S/c1-25-18-10-9-16(19(26-2)20(18)27-3)15-23-11-13-24(14-12-23)21(28)22-17-7-5-4-6-8-17/h9-10,17H,4-8,11-15H2,1-3H3,(H,22,28)/p+1. The molecule has 0 aromatic heterocycles. The minimum absolute atomic E-state index is 0.572. The maximum atomic E-state index is 5.68. The van der Waals surface area contributed by atoms with E-state index < -0.39 is 0 Å². The average Bonchev–Trinajstić information content (AvgIpc) is 2.74. The molecule has 2 fully saturated rings. The molecular weight excluding hydrogens is 374 g/mol. The Morgan fingerprint density at radius 1 is 1.04 bits per heavy atom. The van der Waals surface area contributed by atoms with Crippen LogP contribution in [0.1, 0.15) is 37.7 Å². The van der Waals surface area contributed by atoms with Gasteiger partial charge in [0, 0.05) is 6.04 Å². The second-order valence-corrected chi connectivity index (χ2v) is 8.08. The lowest BCUT2D eigenvalue weighted by molar-refractivity contribution is -0.917. The molecule has 1 heterocycles. The third-order valence-electron chi connectivity index (χ3n) is 5.92. The molecule has 156 valence electrons. The number of nitrogens with zero attached hydrogens (tertiary/aromatic N) is 1. The molecule has 1 aliphatic carbocycles. The summed E-state index contributed by atoms with van der Waals surface area (Å²) in [6.45, 7) is 5.00. The summed E-state index contributed by atoms with van der Waals surface area (Å²) in [4.78, 5) is 3.86. The SMILES string of the molecule is COc1ccc(C[NH+]2CCN(C(=S)NC3CCCCC3)CC2)c(OC)c1OC. The van der Waals surface area contributed by atoms with Gasteiger partial charge in [-0.25, -0.2) is 0 Å². The van der Waals surface area contributed by atoms with Gasteiger partial charge in [0.15, 0.2) is 16.6 Å². The Balaban J connectivity index is 1.55. The molecular formula is C21H34N3O3S+. The van der Waals surface area contributed by atoms with Crippen molar-refractivity contribution in [1.82, 2.24) is 10.2 Å². The van der Waals surface area contributed by atoms with Crippen LogP contribution in [0.3, 0.4) is 0 Å². The molecule has 0 spiro atoms. The second-order valence-electron chi connectivity index (χ2n) is 7.69. The normalized spacial score (nSPS) is 18.6. The molecule has 0 atom stereocenters. The van der Waals surface area contributed by atoms with Crippen molar-refractivity contribution in [2.75, 3.05) is 47.5 Å². The van der Waals surface area contributed by atoms with Crippen molar-refractivity contribution in [1.29, 1.82) is 0 Å². The van der Waals surface area contributed by atoms with E-state index in [0.29, 0.717) is 17.5 Å². The smallest absolute Gasteiger partial charge is 0.203 e. The maximum Gasteiger partial charge on any atom is 0.203 e. The first-order valence-corrected chi connectivity index (χ1v) is 10.7. The number of nitrogens with one attached hydrogen (secondary N) is 2. The summed E-state index contributed by atoms with van der Waals surface area (Å²) in [6.07, 6.45) is 6.53. The van der Waals surface area contributed by atoms with Crippen LogP contribution in [-0.2, 0) is 6.54 Å². The van der Waals surface area contributed by atoms with E-state index in [1.54, 1.807) is 21.3 Å². The molecule has 0 unspecified atom stereocenters. The van der Waals surface area contributed by atoms with Gasteiger partial charge in [-0.05, 0) is 37.2 Å². The highest BCUT2D eigenvalue weighted by molar-refractivity contribution is 7.80. The number of rotatable bonds is 6. The van der Waals surface area contributed by atoms with Crippen LogP contribution in [0.4, 0.5) is 0 Å². The predicted octanol–water partition coefficient (Wildman–Crippen LogP) is 1.62. The number of benzene rings is 1. The van der Waals surface area contributed by atoms with E-state index >= 15 is 0 Å². The van der Waals surface area contributed by atoms with Crippen molar-refractivity contribution in [2.45, 2.75) is 44.7 Å². The molecule has 7 heteroatoms. The monoisotopic (exact) mass is 408 g/mol. The van der Waals surface area contributed by atoms with Crippen LogP contribution in [0, 0.1) is 0 Å². The van der Waals surface area contributed by atoms with Crippen LogP contribution in [0.2, 0.25) is 0 Å². The zero-order chi connectivity index (χ0) is 19.9. The Morgan fingerprint density at radius 3 is 2.32 bits per heavy atom. The number of thiocarbonyl (C=S) groups is 1. The first-order chi connectivity index (χ1) is 13.7. The number of quaternary nitrogens is 1. The fraction of sp³-hybridized carbons (Fsp3) is 0.667. The first-order valence-electron chi connectivity index (χ1n) is 10.3. The molecule has 0 bridgehead atoms. The third kappa shape index (κ3) is 5.00. The molecule has 0 amide bonds. The minimum Gasteiger partial charge on any atom is -0.493 e. The number of hydrogen-bond donors (Lipinski definition) is 2. The van der Waals surface area contributed by atoms with Gasteiger partial charge in [0.25, 0.3) is 0 Å². The van der Waals surface area contributed by atoms with Gasteiger partial charge in [-0.3, -0.25) is 0 Å². The van der Waals surface area contributed by atoms with Crippen LogP contribution < -0.4 is 24.4 Å². The quantitative estimate of drug-likeness (QED) is 0.698. The molecule has 1 saturated carbocycles. The lowest BCUT2D eigenvalue weighted by Gasteiger charge is -2.36. The van der Waals surface area contributed by atoms with E-state index in [0.717, 1.165) is 49.1 Å². The van der Waals surface area contributed by atoms with Gasteiger partial charge < -0.3 is 29.3 Å². The van der Waals surface area contributed by atoms with Gasteiger partial charge in [0.05, 0.1) is 53.1 Å². The summed E-state index contributed by atoms with van der Waals surface area (Å²) in [5.74, 6) is 2.13.